The van der Waals surface area contributed by atoms with E-state index in [9.17, 15) is 17.6 Å². The Hall–Kier alpha value is -2.25. The second kappa shape index (κ2) is 8.63. The van der Waals surface area contributed by atoms with Gasteiger partial charge in [-0.05, 0) is 62.4 Å². The van der Waals surface area contributed by atoms with E-state index in [-0.39, 0.29) is 18.3 Å². The summed E-state index contributed by atoms with van der Waals surface area (Å²) in [7, 11) is -3.67. The van der Waals surface area contributed by atoms with Gasteiger partial charge in [0.15, 0.2) is 0 Å². The molecule has 156 valence electrons. The van der Waals surface area contributed by atoms with Gasteiger partial charge < -0.3 is 5.32 Å². The minimum Gasteiger partial charge on any atom is -0.352 e. The van der Waals surface area contributed by atoms with Gasteiger partial charge in [0.05, 0.1) is 10.8 Å². The molecule has 0 radical (unpaired) electrons. The summed E-state index contributed by atoms with van der Waals surface area (Å²) in [5.41, 5.74) is 3.28. The normalized spacial score (nSPS) is 17.9. The molecule has 2 aromatic rings. The maximum atomic E-state index is 13.3. The van der Waals surface area contributed by atoms with Gasteiger partial charge in [0.1, 0.15) is 5.82 Å². The second-order valence-electron chi connectivity index (χ2n) is 7.77. The van der Waals surface area contributed by atoms with E-state index >= 15 is 0 Å². The van der Waals surface area contributed by atoms with Crippen LogP contribution in [0.2, 0.25) is 0 Å². The predicted molar refractivity (Wildman–Crippen MR) is 110 cm³/mol. The Morgan fingerprint density at radius 1 is 1.14 bits per heavy atom. The fourth-order valence-electron chi connectivity index (χ4n) is 4.01. The standard InChI is InChI=1S/C22H27FN2O3S/c1-15-11-16(2)21(17(3)12-15)29(27,28)25-10-4-5-19(14-25)22(26)24-13-18-6-8-20(23)9-7-18/h6-9,11-12,19H,4-5,10,13-14H2,1-3H3,(H,24,26). The summed E-state index contributed by atoms with van der Waals surface area (Å²) in [5.74, 6) is -0.897. The van der Waals surface area contributed by atoms with E-state index in [1.165, 1.54) is 16.4 Å². The Morgan fingerprint density at radius 2 is 1.76 bits per heavy atom. The molecule has 0 aliphatic carbocycles. The molecule has 1 atom stereocenters. The zero-order valence-electron chi connectivity index (χ0n) is 17.0. The summed E-state index contributed by atoms with van der Waals surface area (Å²) in [6.45, 7) is 6.44. The number of carbonyl (C=O) groups excluding carboxylic acids is 1. The van der Waals surface area contributed by atoms with Crippen LogP contribution in [0.1, 0.15) is 35.1 Å². The minimum atomic E-state index is -3.67. The van der Waals surface area contributed by atoms with Crippen LogP contribution in [0.4, 0.5) is 4.39 Å². The number of nitrogens with zero attached hydrogens (tertiary/aromatic N) is 1. The van der Waals surface area contributed by atoms with Gasteiger partial charge in [-0.15, -0.1) is 0 Å². The SMILES string of the molecule is Cc1cc(C)c(S(=O)(=O)N2CCCC(C(=O)NCc3ccc(F)cc3)C2)c(C)c1. The molecule has 1 fully saturated rings. The second-order valence-corrected chi connectivity index (χ2v) is 9.65. The molecule has 1 unspecified atom stereocenters. The van der Waals surface area contributed by atoms with Crippen LogP contribution in [-0.2, 0) is 21.4 Å². The first-order valence-electron chi connectivity index (χ1n) is 9.78. The van der Waals surface area contributed by atoms with Gasteiger partial charge in [0.25, 0.3) is 0 Å². The molecular formula is C22H27FN2O3S. The van der Waals surface area contributed by atoms with Crippen LogP contribution in [0.5, 0.6) is 0 Å². The Labute approximate surface area is 172 Å². The number of rotatable bonds is 5. The van der Waals surface area contributed by atoms with Crippen molar-refractivity contribution in [2.45, 2.75) is 45.1 Å². The fourth-order valence-corrected chi connectivity index (χ4v) is 5.95. The smallest absolute Gasteiger partial charge is 0.243 e. The van der Waals surface area contributed by atoms with Gasteiger partial charge in [0.2, 0.25) is 15.9 Å². The van der Waals surface area contributed by atoms with Gasteiger partial charge >= 0.3 is 0 Å². The molecule has 1 aliphatic heterocycles. The van der Waals surface area contributed by atoms with Gasteiger partial charge in [-0.25, -0.2) is 12.8 Å². The maximum Gasteiger partial charge on any atom is 0.243 e. The summed E-state index contributed by atoms with van der Waals surface area (Å²) in [5, 5.41) is 2.85. The quantitative estimate of drug-likeness (QED) is 0.809. The summed E-state index contributed by atoms with van der Waals surface area (Å²) in [4.78, 5) is 13.0. The van der Waals surface area contributed by atoms with Gasteiger partial charge in [-0.1, -0.05) is 29.8 Å². The number of halogens is 1. The lowest BCUT2D eigenvalue weighted by molar-refractivity contribution is -0.126. The van der Waals surface area contributed by atoms with E-state index in [4.69, 9.17) is 0 Å². The molecule has 1 saturated heterocycles. The third kappa shape index (κ3) is 4.85. The first-order valence-corrected chi connectivity index (χ1v) is 11.2. The third-order valence-electron chi connectivity index (χ3n) is 5.34. The molecule has 29 heavy (non-hydrogen) atoms. The highest BCUT2D eigenvalue weighted by Gasteiger charge is 2.34. The van der Waals surface area contributed by atoms with Crippen molar-refractivity contribution in [3.63, 3.8) is 0 Å². The Balaban J connectivity index is 1.71. The van der Waals surface area contributed by atoms with Crippen molar-refractivity contribution < 1.29 is 17.6 Å². The van der Waals surface area contributed by atoms with Crippen LogP contribution in [0, 0.1) is 32.5 Å². The Morgan fingerprint density at radius 3 is 2.38 bits per heavy atom. The van der Waals surface area contributed by atoms with E-state index < -0.39 is 15.9 Å². The molecule has 1 amide bonds. The van der Waals surface area contributed by atoms with Crippen LogP contribution in [0.25, 0.3) is 0 Å². The molecule has 5 nitrogen and oxygen atoms in total. The number of hydrogen-bond donors (Lipinski definition) is 1. The zero-order chi connectivity index (χ0) is 21.2. The fraction of sp³-hybridized carbons (Fsp3) is 0.409. The summed E-state index contributed by atoms with van der Waals surface area (Å²) < 4.78 is 41.0. The molecule has 1 aliphatic rings. The van der Waals surface area contributed by atoms with Crippen molar-refractivity contribution in [2.75, 3.05) is 13.1 Å². The molecule has 0 bridgehead atoms. The molecule has 7 heteroatoms. The van der Waals surface area contributed by atoms with Gasteiger partial charge in [0, 0.05) is 19.6 Å². The Kier molecular flexibility index (Phi) is 6.39. The van der Waals surface area contributed by atoms with Crippen molar-refractivity contribution in [2.24, 2.45) is 5.92 Å². The molecule has 1 heterocycles. The minimum absolute atomic E-state index is 0.171. The van der Waals surface area contributed by atoms with Crippen LogP contribution in [0.15, 0.2) is 41.3 Å². The van der Waals surface area contributed by atoms with Crippen LogP contribution < -0.4 is 5.32 Å². The summed E-state index contributed by atoms with van der Waals surface area (Å²) in [6.07, 6.45) is 1.28. The van der Waals surface area contributed by atoms with Crippen LogP contribution in [0.3, 0.4) is 0 Å². The first kappa shape index (κ1) is 21.5. The highest BCUT2D eigenvalue weighted by molar-refractivity contribution is 7.89. The summed E-state index contributed by atoms with van der Waals surface area (Å²) in [6, 6.07) is 9.69. The number of amides is 1. The lowest BCUT2D eigenvalue weighted by Crippen LogP contribution is -2.45. The molecule has 0 aromatic heterocycles. The highest BCUT2D eigenvalue weighted by Crippen LogP contribution is 2.29. The third-order valence-corrected chi connectivity index (χ3v) is 7.51. The van der Waals surface area contributed by atoms with Crippen molar-refractivity contribution in [1.29, 1.82) is 0 Å². The number of piperidine rings is 1. The number of carbonyl (C=O) groups is 1. The van der Waals surface area contributed by atoms with E-state index in [1.54, 1.807) is 12.1 Å². The van der Waals surface area contributed by atoms with E-state index in [0.717, 1.165) is 22.3 Å². The number of aryl methyl sites for hydroxylation is 3. The van der Waals surface area contributed by atoms with Crippen LogP contribution >= 0.6 is 0 Å². The van der Waals surface area contributed by atoms with Gasteiger partial charge in [-0.2, -0.15) is 4.31 Å². The average molecular weight is 419 g/mol. The monoisotopic (exact) mass is 418 g/mol. The molecular weight excluding hydrogens is 391 g/mol. The number of nitrogens with one attached hydrogen (secondary N) is 1. The highest BCUT2D eigenvalue weighted by atomic mass is 32.2. The molecule has 0 spiro atoms. The first-order chi connectivity index (χ1) is 13.7. The van der Waals surface area contributed by atoms with Crippen molar-refractivity contribution >= 4 is 15.9 Å². The van der Waals surface area contributed by atoms with E-state index in [2.05, 4.69) is 5.32 Å². The van der Waals surface area contributed by atoms with E-state index in [1.807, 2.05) is 32.9 Å². The van der Waals surface area contributed by atoms with Crippen molar-refractivity contribution in [3.05, 3.63) is 64.5 Å². The number of hydrogen-bond acceptors (Lipinski definition) is 3. The summed E-state index contributed by atoms with van der Waals surface area (Å²) >= 11 is 0. The lowest BCUT2D eigenvalue weighted by Gasteiger charge is -2.32. The maximum absolute atomic E-state index is 13.3. The Bertz CT molecular complexity index is 980. The number of benzene rings is 2. The molecule has 2 aromatic carbocycles. The van der Waals surface area contributed by atoms with Crippen LogP contribution in [-0.4, -0.2) is 31.7 Å². The largest absolute Gasteiger partial charge is 0.352 e. The molecule has 3 rings (SSSR count). The van der Waals surface area contributed by atoms with E-state index in [0.29, 0.717) is 30.8 Å². The lowest BCUT2D eigenvalue weighted by atomic mass is 9.99. The predicted octanol–water partition coefficient (Wildman–Crippen LogP) is 3.47. The molecule has 0 saturated carbocycles. The van der Waals surface area contributed by atoms with Gasteiger partial charge in [-0.3, -0.25) is 4.79 Å². The zero-order valence-corrected chi connectivity index (χ0v) is 17.9. The number of sulfonamides is 1. The van der Waals surface area contributed by atoms with Crippen molar-refractivity contribution in [3.8, 4) is 0 Å². The topological polar surface area (TPSA) is 66.5 Å². The van der Waals surface area contributed by atoms with Crippen molar-refractivity contribution in [1.82, 2.24) is 9.62 Å². The molecule has 1 N–H and O–H groups in total. The average Bonchev–Trinajstić information content (AvgIpc) is 2.66.